The summed E-state index contributed by atoms with van der Waals surface area (Å²) >= 11 is 3.72. The number of nitrogens with zero attached hydrogens (tertiary/aromatic N) is 5. The first-order valence-corrected chi connectivity index (χ1v) is 10.8. The summed E-state index contributed by atoms with van der Waals surface area (Å²) in [7, 11) is 0. The van der Waals surface area contributed by atoms with Crippen molar-refractivity contribution in [2.45, 2.75) is 25.2 Å². The van der Waals surface area contributed by atoms with Crippen LogP contribution in [0.3, 0.4) is 0 Å². The van der Waals surface area contributed by atoms with Crippen LogP contribution in [0, 0.1) is 0 Å². The lowest BCUT2D eigenvalue weighted by atomic mass is 9.96. The summed E-state index contributed by atoms with van der Waals surface area (Å²) < 4.78 is 1.20. The zero-order valence-corrected chi connectivity index (χ0v) is 17.9. The second kappa shape index (κ2) is 8.47. The number of piperazine rings is 1. The minimum absolute atomic E-state index is 0.195. The van der Waals surface area contributed by atoms with Crippen molar-refractivity contribution in [1.82, 2.24) is 20.2 Å². The molecular weight excluding hydrogens is 416 g/mol. The number of benzene rings is 1. The lowest BCUT2D eigenvalue weighted by molar-refractivity contribution is 0.369. The van der Waals surface area contributed by atoms with E-state index in [4.69, 9.17) is 4.99 Å². The molecule has 0 amide bonds. The van der Waals surface area contributed by atoms with Crippen LogP contribution in [0.4, 0.5) is 5.95 Å². The zero-order chi connectivity index (χ0) is 19.4. The smallest absolute Gasteiger partial charge is 0.225 e. The summed E-state index contributed by atoms with van der Waals surface area (Å²) in [4.78, 5) is 18.4. The third-order valence-electron chi connectivity index (χ3n) is 5.58. The summed E-state index contributed by atoms with van der Waals surface area (Å²) in [6.07, 6.45) is 6.02. The molecule has 1 aromatic carbocycles. The molecule has 0 radical (unpaired) electrons. The third kappa shape index (κ3) is 4.14. The molecule has 7 heteroatoms. The number of hydrogen-bond donors (Lipinski definition) is 1. The molecule has 4 rings (SSSR count). The molecule has 1 saturated heterocycles. The lowest BCUT2D eigenvalue weighted by Crippen LogP contribution is -2.53. The molecule has 0 atom stereocenters. The summed E-state index contributed by atoms with van der Waals surface area (Å²) in [6.45, 7) is 7.50. The van der Waals surface area contributed by atoms with Crippen LogP contribution >= 0.6 is 15.9 Å². The van der Waals surface area contributed by atoms with Crippen molar-refractivity contribution < 1.29 is 0 Å². The Labute approximate surface area is 175 Å². The summed E-state index contributed by atoms with van der Waals surface area (Å²) in [5.74, 6) is 1.84. The predicted molar refractivity (Wildman–Crippen MR) is 117 cm³/mol. The Bertz CT molecular complexity index is 813. The van der Waals surface area contributed by atoms with Crippen LogP contribution in [0.5, 0.6) is 0 Å². The maximum atomic E-state index is 5.05. The van der Waals surface area contributed by atoms with Crippen LogP contribution in [-0.4, -0.2) is 60.1 Å². The number of halogens is 1. The van der Waals surface area contributed by atoms with Gasteiger partial charge in [-0.3, -0.25) is 4.99 Å². The van der Waals surface area contributed by atoms with Crippen molar-refractivity contribution in [3.05, 3.63) is 52.8 Å². The monoisotopic (exact) mass is 442 g/mol. The number of hydrogen-bond acceptors (Lipinski definition) is 4. The van der Waals surface area contributed by atoms with Gasteiger partial charge in [0, 0.05) is 55.0 Å². The number of guanidine groups is 1. The molecule has 1 N–H and O–H groups in total. The van der Waals surface area contributed by atoms with E-state index >= 15 is 0 Å². The van der Waals surface area contributed by atoms with Crippen LogP contribution < -0.4 is 10.2 Å². The van der Waals surface area contributed by atoms with Gasteiger partial charge in [0.25, 0.3) is 0 Å². The first-order chi connectivity index (χ1) is 13.7. The molecule has 0 unspecified atom stereocenters. The Balaban J connectivity index is 1.43. The molecule has 2 aromatic rings. The summed E-state index contributed by atoms with van der Waals surface area (Å²) in [6, 6.07) is 10.4. The van der Waals surface area contributed by atoms with Crippen molar-refractivity contribution in [3.8, 4) is 0 Å². The third-order valence-corrected chi connectivity index (χ3v) is 6.27. The molecule has 2 heterocycles. The van der Waals surface area contributed by atoms with Gasteiger partial charge < -0.3 is 15.1 Å². The van der Waals surface area contributed by atoms with Crippen LogP contribution in [0.1, 0.15) is 25.3 Å². The van der Waals surface area contributed by atoms with E-state index < -0.39 is 0 Å². The topological polar surface area (TPSA) is 56.7 Å². The summed E-state index contributed by atoms with van der Waals surface area (Å²) in [5, 5.41) is 3.49. The highest BCUT2D eigenvalue weighted by molar-refractivity contribution is 9.10. The fourth-order valence-corrected chi connectivity index (χ4v) is 4.48. The van der Waals surface area contributed by atoms with Crippen LogP contribution in [0.2, 0.25) is 0 Å². The fraction of sp³-hybridized carbons (Fsp3) is 0.476. The number of anilines is 1. The van der Waals surface area contributed by atoms with Gasteiger partial charge in [0.2, 0.25) is 5.95 Å². The summed E-state index contributed by atoms with van der Waals surface area (Å²) in [5.41, 5.74) is 1.58. The molecule has 1 saturated carbocycles. The molecule has 6 nitrogen and oxygen atoms in total. The Morgan fingerprint density at radius 1 is 1.11 bits per heavy atom. The van der Waals surface area contributed by atoms with Crippen molar-refractivity contribution in [2.24, 2.45) is 4.99 Å². The van der Waals surface area contributed by atoms with E-state index in [1.54, 1.807) is 12.4 Å². The molecule has 1 aliphatic heterocycles. The number of nitrogens with one attached hydrogen (secondary N) is 1. The normalized spacial score (nSPS) is 18.9. The second-order valence-corrected chi connectivity index (χ2v) is 8.31. The van der Waals surface area contributed by atoms with Crippen molar-refractivity contribution >= 4 is 27.8 Å². The van der Waals surface area contributed by atoms with Gasteiger partial charge in [0.1, 0.15) is 0 Å². The average molecular weight is 443 g/mol. The number of rotatable bonds is 5. The molecule has 2 fully saturated rings. The molecular formula is C21H27BrN6. The Morgan fingerprint density at radius 2 is 1.82 bits per heavy atom. The highest BCUT2D eigenvalue weighted by atomic mass is 79.9. The van der Waals surface area contributed by atoms with Gasteiger partial charge in [0.15, 0.2) is 5.96 Å². The van der Waals surface area contributed by atoms with Gasteiger partial charge in [-0.1, -0.05) is 34.1 Å². The lowest BCUT2D eigenvalue weighted by Gasteiger charge is -2.36. The molecule has 2 aliphatic rings. The van der Waals surface area contributed by atoms with Gasteiger partial charge in [-0.25, -0.2) is 9.97 Å². The van der Waals surface area contributed by atoms with E-state index in [9.17, 15) is 0 Å². The molecule has 28 heavy (non-hydrogen) atoms. The van der Waals surface area contributed by atoms with Gasteiger partial charge in [-0.2, -0.15) is 0 Å². The molecule has 0 bridgehead atoms. The van der Waals surface area contributed by atoms with Gasteiger partial charge in [0.05, 0.1) is 6.54 Å². The second-order valence-electron chi connectivity index (χ2n) is 7.45. The van der Waals surface area contributed by atoms with Crippen molar-refractivity contribution in [3.63, 3.8) is 0 Å². The van der Waals surface area contributed by atoms with E-state index in [2.05, 4.69) is 72.2 Å². The molecule has 0 spiro atoms. The largest absolute Gasteiger partial charge is 0.357 e. The molecule has 1 aliphatic carbocycles. The Hall–Kier alpha value is -2.15. The van der Waals surface area contributed by atoms with Crippen molar-refractivity contribution in [2.75, 3.05) is 44.2 Å². The SMILES string of the molecule is CCNC(=NCC1(c2ccccc2Br)CC1)N1CCN(c2ncccn2)CC1. The average Bonchev–Trinajstić information content (AvgIpc) is 3.53. The van der Waals surface area contributed by atoms with E-state index in [1.165, 1.54) is 22.9 Å². The first kappa shape index (κ1) is 19.2. The Kier molecular flexibility index (Phi) is 5.80. The van der Waals surface area contributed by atoms with Gasteiger partial charge >= 0.3 is 0 Å². The molecule has 1 aromatic heterocycles. The standard InChI is InChI=1S/C21H27BrN6/c1-2-23-19(26-16-21(8-9-21)17-6-3-4-7-18(17)22)27-12-14-28(15-13-27)20-24-10-5-11-25-20/h3-7,10-11H,2,8-9,12-16H2,1H3,(H,23,26). The van der Waals surface area contributed by atoms with E-state index in [1.807, 2.05) is 6.07 Å². The van der Waals surface area contributed by atoms with E-state index in [0.717, 1.165) is 51.2 Å². The van der Waals surface area contributed by atoms with Gasteiger partial charge in [-0.15, -0.1) is 0 Å². The zero-order valence-electron chi connectivity index (χ0n) is 16.3. The highest BCUT2D eigenvalue weighted by Gasteiger charge is 2.45. The van der Waals surface area contributed by atoms with E-state index in [-0.39, 0.29) is 5.41 Å². The maximum Gasteiger partial charge on any atom is 0.225 e. The van der Waals surface area contributed by atoms with Crippen LogP contribution in [0.25, 0.3) is 0 Å². The van der Waals surface area contributed by atoms with E-state index in [0.29, 0.717) is 0 Å². The van der Waals surface area contributed by atoms with Gasteiger partial charge in [-0.05, 0) is 37.5 Å². The molecule has 148 valence electrons. The highest BCUT2D eigenvalue weighted by Crippen LogP contribution is 2.50. The predicted octanol–water partition coefficient (Wildman–Crippen LogP) is 3.06. The fourth-order valence-electron chi connectivity index (χ4n) is 3.78. The van der Waals surface area contributed by atoms with Crippen LogP contribution in [0.15, 0.2) is 52.2 Å². The minimum Gasteiger partial charge on any atom is -0.357 e. The van der Waals surface area contributed by atoms with Crippen molar-refractivity contribution in [1.29, 1.82) is 0 Å². The maximum absolute atomic E-state index is 5.05. The number of aromatic nitrogens is 2. The first-order valence-electron chi connectivity index (χ1n) is 10.0. The quantitative estimate of drug-likeness (QED) is 0.569. The number of aliphatic imine (C=N–C) groups is 1. The minimum atomic E-state index is 0.195. The Morgan fingerprint density at radius 3 is 2.46 bits per heavy atom. The van der Waals surface area contributed by atoms with Crippen LogP contribution in [-0.2, 0) is 5.41 Å².